The Morgan fingerprint density at radius 2 is 2.21 bits per heavy atom. The molecule has 5 nitrogen and oxygen atoms in total. The van der Waals surface area contributed by atoms with Gasteiger partial charge in [0.1, 0.15) is 0 Å². The van der Waals surface area contributed by atoms with Crippen LogP contribution in [0.5, 0.6) is 0 Å². The van der Waals surface area contributed by atoms with Gasteiger partial charge in [0, 0.05) is 23.8 Å². The van der Waals surface area contributed by atoms with Gasteiger partial charge in [-0.25, -0.2) is 0 Å². The summed E-state index contributed by atoms with van der Waals surface area (Å²) in [5.41, 5.74) is 3.12. The fourth-order valence-electron chi connectivity index (χ4n) is 3.67. The Morgan fingerprint density at radius 3 is 3.00 bits per heavy atom. The second kappa shape index (κ2) is 7.34. The zero-order valence-electron chi connectivity index (χ0n) is 14.5. The third-order valence-electron chi connectivity index (χ3n) is 4.85. The van der Waals surface area contributed by atoms with Crippen molar-refractivity contribution in [1.82, 2.24) is 4.90 Å². The molecular weight excluding hydrogens is 304 g/mol. The highest BCUT2D eigenvalue weighted by Gasteiger charge is 2.28. The summed E-state index contributed by atoms with van der Waals surface area (Å²) in [6.45, 7) is 6.24. The molecule has 0 bridgehead atoms. The van der Waals surface area contributed by atoms with E-state index in [0.29, 0.717) is 25.7 Å². The molecule has 0 amide bonds. The van der Waals surface area contributed by atoms with Gasteiger partial charge in [0.15, 0.2) is 5.78 Å². The fourth-order valence-corrected chi connectivity index (χ4v) is 3.67. The zero-order valence-corrected chi connectivity index (χ0v) is 14.5. The number of likely N-dealkylation sites (tertiary alicyclic amines) is 1. The normalized spacial score (nSPS) is 23.4. The lowest BCUT2D eigenvalue weighted by Gasteiger charge is -2.30. The summed E-state index contributed by atoms with van der Waals surface area (Å²) >= 11 is 0. The van der Waals surface area contributed by atoms with E-state index >= 15 is 0 Å². The first kappa shape index (κ1) is 17.0. The molecule has 2 atom stereocenters. The summed E-state index contributed by atoms with van der Waals surface area (Å²) in [7, 11) is 0. The van der Waals surface area contributed by atoms with Crippen molar-refractivity contribution < 1.29 is 14.3 Å². The topological polar surface area (TPSA) is 58.6 Å². The highest BCUT2D eigenvalue weighted by atomic mass is 16.5. The van der Waals surface area contributed by atoms with Crippen molar-refractivity contribution >= 4 is 17.4 Å². The molecule has 1 aromatic carbocycles. The van der Waals surface area contributed by atoms with Crippen molar-refractivity contribution in [3.63, 3.8) is 0 Å². The number of hydrogen-bond donors (Lipinski definition) is 1. The van der Waals surface area contributed by atoms with Crippen LogP contribution in [0.1, 0.15) is 42.6 Å². The largest absolute Gasteiger partial charge is 0.466 e. The Hall–Kier alpha value is -1.88. The lowest BCUT2D eigenvalue weighted by molar-refractivity contribution is -0.149. The molecule has 2 heterocycles. The molecule has 130 valence electrons. The molecule has 5 heteroatoms. The number of anilines is 1. The van der Waals surface area contributed by atoms with E-state index in [1.165, 1.54) is 5.56 Å². The molecule has 3 rings (SSSR count). The van der Waals surface area contributed by atoms with E-state index < -0.39 is 0 Å². The molecule has 0 saturated carbocycles. The molecule has 2 aliphatic heterocycles. The number of carbonyl (C=O) groups is 2. The van der Waals surface area contributed by atoms with Crippen LogP contribution in [0, 0.1) is 5.92 Å². The molecule has 0 aliphatic carbocycles. The number of esters is 1. The van der Waals surface area contributed by atoms with Gasteiger partial charge in [-0.2, -0.15) is 0 Å². The predicted molar refractivity (Wildman–Crippen MR) is 93.4 cm³/mol. The molecule has 1 aromatic rings. The number of nitrogens with one attached hydrogen (secondary N) is 1. The van der Waals surface area contributed by atoms with E-state index in [9.17, 15) is 9.59 Å². The highest BCUT2D eigenvalue weighted by molar-refractivity contribution is 5.98. The molecule has 1 fully saturated rings. The van der Waals surface area contributed by atoms with Crippen molar-refractivity contribution in [2.75, 3.05) is 31.6 Å². The van der Waals surface area contributed by atoms with Gasteiger partial charge in [0.05, 0.1) is 19.1 Å². The van der Waals surface area contributed by atoms with Crippen molar-refractivity contribution in [2.24, 2.45) is 5.92 Å². The minimum absolute atomic E-state index is 0.100. The number of carbonyl (C=O) groups excluding carboxylic acids is 2. The molecule has 2 unspecified atom stereocenters. The number of ether oxygens (including phenoxy) is 1. The lowest BCUT2D eigenvalue weighted by atomic mass is 9.97. The third-order valence-corrected chi connectivity index (χ3v) is 4.85. The molecule has 24 heavy (non-hydrogen) atoms. The van der Waals surface area contributed by atoms with Gasteiger partial charge < -0.3 is 10.1 Å². The zero-order chi connectivity index (χ0) is 17.1. The SMILES string of the molecule is CCOC(=O)C1CCCN(CC(=O)c2ccc3c(c2)CC(C)N3)C1. The van der Waals surface area contributed by atoms with Crippen LogP contribution in [0.3, 0.4) is 0 Å². The molecule has 0 radical (unpaired) electrons. The summed E-state index contributed by atoms with van der Waals surface area (Å²) in [4.78, 5) is 26.6. The fraction of sp³-hybridized carbons (Fsp3) is 0.579. The van der Waals surface area contributed by atoms with Crippen LogP contribution in [0.15, 0.2) is 18.2 Å². The van der Waals surface area contributed by atoms with Crippen molar-refractivity contribution in [3.05, 3.63) is 29.3 Å². The van der Waals surface area contributed by atoms with Crippen LogP contribution < -0.4 is 5.32 Å². The van der Waals surface area contributed by atoms with E-state index in [2.05, 4.69) is 17.1 Å². The maximum Gasteiger partial charge on any atom is 0.310 e. The first-order valence-corrected chi connectivity index (χ1v) is 8.88. The number of nitrogens with zero attached hydrogens (tertiary/aromatic N) is 1. The molecule has 1 N–H and O–H groups in total. The average Bonchev–Trinajstić information content (AvgIpc) is 2.94. The second-order valence-electron chi connectivity index (χ2n) is 6.87. The summed E-state index contributed by atoms with van der Waals surface area (Å²) in [6.07, 6.45) is 2.75. The van der Waals surface area contributed by atoms with Gasteiger partial charge >= 0.3 is 5.97 Å². The van der Waals surface area contributed by atoms with Gasteiger partial charge in [-0.3, -0.25) is 14.5 Å². The Kier molecular flexibility index (Phi) is 5.19. The summed E-state index contributed by atoms with van der Waals surface area (Å²) < 4.78 is 5.12. The summed E-state index contributed by atoms with van der Waals surface area (Å²) in [5, 5.41) is 3.40. The standard InChI is InChI=1S/C19H26N2O3/c1-3-24-19(23)15-5-4-8-21(11-15)12-18(22)14-6-7-17-16(10-14)9-13(2)20-17/h6-7,10,13,15,20H,3-5,8-9,11-12H2,1-2H3. The first-order valence-electron chi connectivity index (χ1n) is 8.88. The van der Waals surface area contributed by atoms with Gasteiger partial charge in [0.2, 0.25) is 0 Å². The Bertz CT molecular complexity index is 629. The molecular formula is C19H26N2O3. The van der Waals surface area contributed by atoms with E-state index in [-0.39, 0.29) is 17.7 Å². The van der Waals surface area contributed by atoms with Crippen LogP contribution in [0.4, 0.5) is 5.69 Å². The van der Waals surface area contributed by atoms with E-state index in [1.54, 1.807) is 0 Å². The van der Waals surface area contributed by atoms with E-state index in [0.717, 1.165) is 37.1 Å². The van der Waals surface area contributed by atoms with Crippen LogP contribution in [0.2, 0.25) is 0 Å². The maximum atomic E-state index is 12.6. The Morgan fingerprint density at radius 1 is 1.38 bits per heavy atom. The highest BCUT2D eigenvalue weighted by Crippen LogP contribution is 2.27. The monoisotopic (exact) mass is 330 g/mol. The Labute approximate surface area is 143 Å². The first-order chi connectivity index (χ1) is 11.6. The second-order valence-corrected chi connectivity index (χ2v) is 6.87. The Balaban J connectivity index is 1.60. The lowest BCUT2D eigenvalue weighted by Crippen LogP contribution is -2.41. The number of piperidine rings is 1. The van der Waals surface area contributed by atoms with Gasteiger partial charge in [-0.15, -0.1) is 0 Å². The maximum absolute atomic E-state index is 12.6. The quantitative estimate of drug-likeness (QED) is 0.664. The van der Waals surface area contributed by atoms with Crippen LogP contribution >= 0.6 is 0 Å². The average molecular weight is 330 g/mol. The van der Waals surface area contributed by atoms with Crippen LogP contribution in [-0.2, 0) is 16.0 Å². The van der Waals surface area contributed by atoms with Crippen LogP contribution in [0.25, 0.3) is 0 Å². The minimum atomic E-state index is -0.132. The number of Topliss-reactive ketones (excluding diaryl/α,β-unsaturated/α-hetero) is 1. The van der Waals surface area contributed by atoms with Gasteiger partial charge in [-0.05, 0) is 63.4 Å². The molecule has 1 saturated heterocycles. The van der Waals surface area contributed by atoms with Crippen LogP contribution in [-0.4, -0.2) is 48.9 Å². The number of benzene rings is 1. The van der Waals surface area contributed by atoms with Gasteiger partial charge in [-0.1, -0.05) is 0 Å². The van der Waals surface area contributed by atoms with Crippen molar-refractivity contribution in [3.8, 4) is 0 Å². The predicted octanol–water partition coefficient (Wildman–Crippen LogP) is 2.50. The number of fused-ring (bicyclic) bond motifs is 1. The van der Waals surface area contributed by atoms with Crippen molar-refractivity contribution in [1.29, 1.82) is 0 Å². The molecule has 0 aromatic heterocycles. The van der Waals surface area contributed by atoms with E-state index in [4.69, 9.17) is 4.74 Å². The summed E-state index contributed by atoms with van der Waals surface area (Å²) in [5.74, 6) is -0.106. The minimum Gasteiger partial charge on any atom is -0.466 e. The van der Waals surface area contributed by atoms with Gasteiger partial charge in [0.25, 0.3) is 0 Å². The summed E-state index contributed by atoms with van der Waals surface area (Å²) in [6, 6.07) is 6.35. The number of hydrogen-bond acceptors (Lipinski definition) is 5. The van der Waals surface area contributed by atoms with E-state index in [1.807, 2.05) is 25.1 Å². The molecule has 0 spiro atoms. The number of ketones is 1. The molecule has 2 aliphatic rings. The smallest absolute Gasteiger partial charge is 0.310 e. The number of rotatable bonds is 5. The van der Waals surface area contributed by atoms with Crippen molar-refractivity contribution in [2.45, 2.75) is 39.2 Å². The third kappa shape index (κ3) is 3.78.